The number of benzene rings is 2. The van der Waals surface area contributed by atoms with Crippen molar-refractivity contribution in [2.45, 2.75) is 18.6 Å². The number of amides is 1. The van der Waals surface area contributed by atoms with Crippen LogP contribution < -0.4 is 10.6 Å². The summed E-state index contributed by atoms with van der Waals surface area (Å²) in [6.45, 7) is 1.39. The molecule has 4 rings (SSSR count). The maximum absolute atomic E-state index is 12.8. The van der Waals surface area contributed by atoms with E-state index in [1.165, 1.54) is 12.3 Å². The van der Waals surface area contributed by atoms with Gasteiger partial charge in [-0.1, -0.05) is 60.7 Å². The van der Waals surface area contributed by atoms with E-state index in [1.54, 1.807) is 0 Å². The largest absolute Gasteiger partial charge is 0.433 e. The van der Waals surface area contributed by atoms with Crippen LogP contribution in [0, 0.1) is 5.92 Å². The van der Waals surface area contributed by atoms with Crippen molar-refractivity contribution in [2.75, 3.05) is 13.1 Å². The van der Waals surface area contributed by atoms with Crippen LogP contribution in [-0.2, 0) is 17.5 Å². The lowest BCUT2D eigenvalue weighted by molar-refractivity contribution is -0.141. The molecule has 31 heavy (non-hydrogen) atoms. The molecule has 2 aromatic carbocycles. The zero-order chi connectivity index (χ0) is 21.8. The second kappa shape index (κ2) is 8.89. The van der Waals surface area contributed by atoms with Gasteiger partial charge in [-0.05, 0) is 28.3 Å². The molecule has 0 bridgehead atoms. The highest BCUT2D eigenvalue weighted by Crippen LogP contribution is 2.31. The first-order valence-electron chi connectivity index (χ1n) is 10.1. The minimum Gasteiger partial charge on any atom is -0.352 e. The van der Waals surface area contributed by atoms with Crippen LogP contribution in [0.2, 0.25) is 0 Å². The summed E-state index contributed by atoms with van der Waals surface area (Å²) in [6, 6.07) is 20.4. The molecule has 0 radical (unpaired) electrons. The van der Waals surface area contributed by atoms with Gasteiger partial charge in [0.1, 0.15) is 5.69 Å². The lowest BCUT2D eigenvalue weighted by Crippen LogP contribution is -2.34. The number of aromatic nitrogens is 1. The third kappa shape index (κ3) is 4.94. The number of hydrogen-bond donors (Lipinski definition) is 2. The van der Waals surface area contributed by atoms with Crippen LogP contribution in [0.5, 0.6) is 0 Å². The lowest BCUT2D eigenvalue weighted by atomic mass is 9.89. The Kier molecular flexibility index (Phi) is 6.04. The third-order valence-electron chi connectivity index (χ3n) is 5.58. The molecule has 2 N–H and O–H groups in total. The molecule has 1 aliphatic rings. The van der Waals surface area contributed by atoms with E-state index in [0.29, 0.717) is 25.2 Å². The summed E-state index contributed by atoms with van der Waals surface area (Å²) in [5.41, 5.74) is 2.91. The maximum atomic E-state index is 12.8. The Labute approximate surface area is 178 Å². The van der Waals surface area contributed by atoms with E-state index in [2.05, 4.69) is 15.6 Å². The summed E-state index contributed by atoms with van der Waals surface area (Å²) in [6.07, 6.45) is -3.25. The van der Waals surface area contributed by atoms with Gasteiger partial charge in [-0.15, -0.1) is 0 Å². The molecule has 1 aliphatic heterocycles. The fourth-order valence-corrected chi connectivity index (χ4v) is 3.86. The minimum absolute atomic E-state index is 0.123. The Morgan fingerprint density at radius 2 is 1.68 bits per heavy atom. The fraction of sp³-hybridized carbons (Fsp3) is 0.250. The average molecular weight is 425 g/mol. The van der Waals surface area contributed by atoms with Gasteiger partial charge >= 0.3 is 6.18 Å². The number of rotatable bonds is 5. The number of nitrogens with zero attached hydrogens (tertiary/aromatic N) is 1. The van der Waals surface area contributed by atoms with E-state index in [0.717, 1.165) is 22.8 Å². The SMILES string of the molecule is O=C(NCc1ccc(-c2ccccc2)cc1)[C@H]1CNC[C@@H]1c1ccc(C(F)(F)F)nc1. The van der Waals surface area contributed by atoms with Crippen molar-refractivity contribution in [3.8, 4) is 11.1 Å². The predicted molar refractivity (Wildman–Crippen MR) is 112 cm³/mol. The third-order valence-corrected chi connectivity index (χ3v) is 5.58. The van der Waals surface area contributed by atoms with E-state index in [9.17, 15) is 18.0 Å². The summed E-state index contributed by atoms with van der Waals surface area (Å²) >= 11 is 0. The van der Waals surface area contributed by atoms with E-state index in [1.807, 2.05) is 54.6 Å². The molecule has 0 unspecified atom stereocenters. The standard InChI is InChI=1S/C24H22F3N3O/c25-24(26,27)22-11-10-19(13-29-22)20-14-28-15-21(20)23(31)30-12-16-6-8-18(9-7-16)17-4-2-1-3-5-17/h1-11,13,20-21,28H,12,14-15H2,(H,30,31)/t20-,21+/m1/s1. The minimum atomic E-state index is -4.47. The number of nitrogens with one attached hydrogen (secondary N) is 2. The van der Waals surface area contributed by atoms with Crippen molar-refractivity contribution >= 4 is 5.91 Å². The van der Waals surface area contributed by atoms with Crippen LogP contribution >= 0.6 is 0 Å². The van der Waals surface area contributed by atoms with Crippen LogP contribution in [-0.4, -0.2) is 24.0 Å². The van der Waals surface area contributed by atoms with Gasteiger partial charge in [0.2, 0.25) is 5.91 Å². The molecule has 2 heterocycles. The Bertz CT molecular complexity index is 1020. The van der Waals surface area contributed by atoms with Gasteiger partial charge in [-0.25, -0.2) is 0 Å². The van der Waals surface area contributed by atoms with E-state index in [4.69, 9.17) is 0 Å². The smallest absolute Gasteiger partial charge is 0.352 e. The van der Waals surface area contributed by atoms with Crippen LogP contribution in [0.15, 0.2) is 72.9 Å². The highest BCUT2D eigenvalue weighted by atomic mass is 19.4. The van der Waals surface area contributed by atoms with Gasteiger partial charge in [-0.3, -0.25) is 9.78 Å². The van der Waals surface area contributed by atoms with Crippen molar-refractivity contribution in [3.63, 3.8) is 0 Å². The molecule has 1 fully saturated rings. The zero-order valence-corrected chi connectivity index (χ0v) is 16.7. The Hall–Kier alpha value is -3.19. The lowest BCUT2D eigenvalue weighted by Gasteiger charge is -2.19. The normalized spacial score (nSPS) is 18.7. The molecule has 2 atom stereocenters. The Morgan fingerprint density at radius 3 is 2.32 bits per heavy atom. The van der Waals surface area contributed by atoms with Gasteiger partial charge in [-0.2, -0.15) is 13.2 Å². The molecule has 0 aliphatic carbocycles. The van der Waals surface area contributed by atoms with Gasteiger partial charge in [0.05, 0.1) is 5.92 Å². The predicted octanol–water partition coefficient (Wildman–Crippen LogP) is 4.39. The molecule has 1 amide bonds. The number of alkyl halides is 3. The summed E-state index contributed by atoms with van der Waals surface area (Å²) in [5, 5.41) is 6.12. The highest BCUT2D eigenvalue weighted by molar-refractivity contribution is 5.80. The van der Waals surface area contributed by atoms with Crippen molar-refractivity contribution in [3.05, 3.63) is 89.7 Å². The quantitative estimate of drug-likeness (QED) is 0.638. The van der Waals surface area contributed by atoms with E-state index in [-0.39, 0.29) is 17.7 Å². The highest BCUT2D eigenvalue weighted by Gasteiger charge is 2.36. The first-order chi connectivity index (χ1) is 14.9. The molecule has 3 aromatic rings. The summed E-state index contributed by atoms with van der Waals surface area (Å²) in [4.78, 5) is 16.3. The first-order valence-corrected chi connectivity index (χ1v) is 10.1. The fourth-order valence-electron chi connectivity index (χ4n) is 3.86. The number of hydrogen-bond acceptors (Lipinski definition) is 3. The van der Waals surface area contributed by atoms with Crippen molar-refractivity contribution in [1.82, 2.24) is 15.6 Å². The molecule has 7 heteroatoms. The van der Waals surface area contributed by atoms with Crippen LogP contribution in [0.25, 0.3) is 11.1 Å². The van der Waals surface area contributed by atoms with Crippen molar-refractivity contribution in [1.29, 1.82) is 0 Å². The first kappa shape index (κ1) is 21.1. The second-order valence-corrected chi connectivity index (χ2v) is 7.63. The monoisotopic (exact) mass is 425 g/mol. The molecule has 0 saturated carbocycles. The molecule has 1 saturated heterocycles. The van der Waals surface area contributed by atoms with E-state index < -0.39 is 11.9 Å². The van der Waals surface area contributed by atoms with E-state index >= 15 is 0 Å². The molecule has 0 spiro atoms. The van der Waals surface area contributed by atoms with Crippen LogP contribution in [0.1, 0.15) is 22.7 Å². The summed E-state index contributed by atoms with van der Waals surface area (Å²) in [7, 11) is 0. The van der Waals surface area contributed by atoms with Crippen molar-refractivity contribution in [2.24, 2.45) is 5.92 Å². The molecule has 1 aromatic heterocycles. The number of halogens is 3. The summed E-state index contributed by atoms with van der Waals surface area (Å²) in [5.74, 6) is -0.695. The van der Waals surface area contributed by atoms with Crippen molar-refractivity contribution < 1.29 is 18.0 Å². The Morgan fingerprint density at radius 1 is 0.968 bits per heavy atom. The molecular weight excluding hydrogens is 403 g/mol. The zero-order valence-electron chi connectivity index (χ0n) is 16.7. The molecular formula is C24H22F3N3O. The van der Waals surface area contributed by atoms with Gasteiger partial charge in [0.25, 0.3) is 0 Å². The number of carbonyl (C=O) groups excluding carboxylic acids is 1. The molecule has 4 nitrogen and oxygen atoms in total. The maximum Gasteiger partial charge on any atom is 0.433 e. The van der Waals surface area contributed by atoms with Crippen LogP contribution in [0.4, 0.5) is 13.2 Å². The number of pyridine rings is 1. The van der Waals surface area contributed by atoms with Crippen LogP contribution in [0.3, 0.4) is 0 Å². The topological polar surface area (TPSA) is 54.0 Å². The van der Waals surface area contributed by atoms with Gasteiger partial charge in [0, 0.05) is 31.7 Å². The Balaban J connectivity index is 1.38. The van der Waals surface area contributed by atoms with Gasteiger partial charge < -0.3 is 10.6 Å². The van der Waals surface area contributed by atoms with Gasteiger partial charge in [0.15, 0.2) is 0 Å². The second-order valence-electron chi connectivity index (χ2n) is 7.63. The number of carbonyl (C=O) groups is 1. The average Bonchev–Trinajstić information content (AvgIpc) is 3.28. The molecule has 160 valence electrons. The summed E-state index contributed by atoms with van der Waals surface area (Å²) < 4.78 is 38.2.